The first-order chi connectivity index (χ1) is 8.99. The zero-order chi connectivity index (χ0) is 13.9. The molecule has 0 atom stereocenters. The molecule has 3 nitrogen and oxygen atoms in total. The van der Waals surface area contributed by atoms with Gasteiger partial charge in [0.1, 0.15) is 11.4 Å². The van der Waals surface area contributed by atoms with E-state index in [-0.39, 0.29) is 0 Å². The van der Waals surface area contributed by atoms with Crippen LogP contribution in [0.25, 0.3) is 0 Å². The molecule has 0 amide bonds. The summed E-state index contributed by atoms with van der Waals surface area (Å²) in [6, 6.07) is 7.82. The molecule has 0 N–H and O–H groups in total. The van der Waals surface area contributed by atoms with Gasteiger partial charge in [0.05, 0.1) is 5.97 Å². The number of carboxylic acids is 1. The highest BCUT2D eigenvalue weighted by atomic mass is 16.5. The molecular formula is C16H21O3-. The largest absolute Gasteiger partial charge is 0.546 e. The van der Waals surface area contributed by atoms with Crippen LogP contribution >= 0.6 is 0 Å². The molecule has 0 spiro atoms. The van der Waals surface area contributed by atoms with Crippen molar-refractivity contribution in [2.45, 2.75) is 57.5 Å². The Morgan fingerprint density at radius 2 is 1.74 bits per heavy atom. The zero-order valence-electron chi connectivity index (χ0n) is 11.6. The van der Waals surface area contributed by atoms with Gasteiger partial charge in [-0.05, 0) is 50.3 Å². The molecule has 0 saturated heterocycles. The maximum Gasteiger partial charge on any atom is 0.143 e. The number of benzene rings is 1. The molecule has 1 aromatic rings. The Morgan fingerprint density at radius 3 is 2.26 bits per heavy atom. The molecule has 0 bridgehead atoms. The van der Waals surface area contributed by atoms with Crippen LogP contribution in [0.15, 0.2) is 24.3 Å². The number of ether oxygens (including phenoxy) is 1. The van der Waals surface area contributed by atoms with E-state index < -0.39 is 11.6 Å². The molecule has 104 valence electrons. The minimum absolute atomic E-state index is 0.578. The van der Waals surface area contributed by atoms with Crippen LogP contribution in [-0.4, -0.2) is 11.6 Å². The molecule has 0 heterocycles. The normalized spacial score (nSPS) is 17.2. The van der Waals surface area contributed by atoms with Gasteiger partial charge < -0.3 is 14.6 Å². The molecule has 2 rings (SSSR count). The van der Waals surface area contributed by atoms with Crippen molar-refractivity contribution in [2.24, 2.45) is 0 Å². The number of carbonyl (C=O) groups excluding carboxylic acids is 1. The van der Waals surface area contributed by atoms with Gasteiger partial charge in [0, 0.05) is 0 Å². The molecule has 0 radical (unpaired) electrons. The van der Waals surface area contributed by atoms with Gasteiger partial charge in [-0.1, -0.05) is 31.4 Å². The third-order valence-electron chi connectivity index (χ3n) is 3.82. The van der Waals surface area contributed by atoms with E-state index >= 15 is 0 Å². The van der Waals surface area contributed by atoms with Crippen LogP contribution in [0.5, 0.6) is 5.75 Å². The van der Waals surface area contributed by atoms with E-state index in [0.717, 1.165) is 0 Å². The van der Waals surface area contributed by atoms with E-state index in [4.69, 9.17) is 4.74 Å². The Hall–Kier alpha value is -1.51. The van der Waals surface area contributed by atoms with Crippen molar-refractivity contribution in [3.05, 3.63) is 29.8 Å². The van der Waals surface area contributed by atoms with Crippen molar-refractivity contribution in [3.8, 4) is 5.75 Å². The molecule has 1 aromatic carbocycles. The molecule has 0 aromatic heterocycles. The first-order valence-corrected chi connectivity index (χ1v) is 6.99. The summed E-state index contributed by atoms with van der Waals surface area (Å²) >= 11 is 0. The third-order valence-corrected chi connectivity index (χ3v) is 3.82. The molecule has 0 aliphatic heterocycles. The van der Waals surface area contributed by atoms with E-state index in [2.05, 4.69) is 12.1 Å². The predicted octanol–water partition coefficient (Wildman–Crippen LogP) is 2.64. The standard InChI is InChI=1S/C16H22O3/c1-16(2,15(17)18)19-14-10-8-13(9-11-14)12-6-4-3-5-7-12/h8-12H,3-7H2,1-2H3,(H,17,18)/p-1. The quantitative estimate of drug-likeness (QED) is 0.837. The Labute approximate surface area is 114 Å². The van der Waals surface area contributed by atoms with Crippen LogP contribution in [0.3, 0.4) is 0 Å². The fourth-order valence-electron chi connectivity index (χ4n) is 2.58. The zero-order valence-corrected chi connectivity index (χ0v) is 11.6. The first-order valence-electron chi connectivity index (χ1n) is 6.99. The van der Waals surface area contributed by atoms with Crippen LogP contribution in [0, 0.1) is 0 Å². The highest BCUT2D eigenvalue weighted by molar-refractivity contribution is 5.74. The van der Waals surface area contributed by atoms with Gasteiger partial charge >= 0.3 is 0 Å². The minimum Gasteiger partial charge on any atom is -0.546 e. The lowest BCUT2D eigenvalue weighted by Gasteiger charge is -2.28. The summed E-state index contributed by atoms with van der Waals surface area (Å²) in [5.41, 5.74) is 0.0325. The Bertz CT molecular complexity index is 428. The number of hydrogen-bond donors (Lipinski definition) is 0. The summed E-state index contributed by atoms with van der Waals surface area (Å²) in [5.74, 6) is 0.0227. The molecule has 1 saturated carbocycles. The summed E-state index contributed by atoms with van der Waals surface area (Å²) in [7, 11) is 0. The lowest BCUT2D eigenvalue weighted by atomic mass is 9.84. The molecule has 0 unspecified atom stereocenters. The van der Waals surface area contributed by atoms with E-state index in [1.165, 1.54) is 51.5 Å². The van der Waals surface area contributed by atoms with E-state index in [0.29, 0.717) is 11.7 Å². The van der Waals surface area contributed by atoms with Gasteiger partial charge in [0.25, 0.3) is 0 Å². The summed E-state index contributed by atoms with van der Waals surface area (Å²) in [6.07, 6.45) is 6.47. The second-order valence-corrected chi connectivity index (χ2v) is 5.80. The molecule has 1 aliphatic carbocycles. The highest BCUT2D eigenvalue weighted by Crippen LogP contribution is 2.33. The average molecular weight is 261 g/mol. The van der Waals surface area contributed by atoms with Crippen LogP contribution in [0.1, 0.15) is 57.4 Å². The maximum absolute atomic E-state index is 10.9. The first kappa shape index (κ1) is 13.9. The average Bonchev–Trinajstić information content (AvgIpc) is 2.40. The van der Waals surface area contributed by atoms with Crippen molar-refractivity contribution in [1.82, 2.24) is 0 Å². The SMILES string of the molecule is CC(C)(Oc1ccc(C2CCCCC2)cc1)C(=O)[O-]. The van der Waals surface area contributed by atoms with Crippen molar-refractivity contribution >= 4 is 5.97 Å². The lowest BCUT2D eigenvalue weighted by Crippen LogP contribution is -2.47. The van der Waals surface area contributed by atoms with Crippen LogP contribution in [0.4, 0.5) is 0 Å². The number of aliphatic carboxylic acids is 1. The van der Waals surface area contributed by atoms with Crippen LogP contribution in [0.2, 0.25) is 0 Å². The topological polar surface area (TPSA) is 49.4 Å². The van der Waals surface area contributed by atoms with E-state index in [9.17, 15) is 9.90 Å². The van der Waals surface area contributed by atoms with Crippen molar-refractivity contribution < 1.29 is 14.6 Å². The van der Waals surface area contributed by atoms with Crippen molar-refractivity contribution in [3.63, 3.8) is 0 Å². The second-order valence-electron chi connectivity index (χ2n) is 5.80. The summed E-state index contributed by atoms with van der Waals surface area (Å²) in [6.45, 7) is 2.99. The summed E-state index contributed by atoms with van der Waals surface area (Å²) in [4.78, 5) is 10.9. The van der Waals surface area contributed by atoms with Gasteiger partial charge in [-0.15, -0.1) is 0 Å². The molecule has 19 heavy (non-hydrogen) atoms. The summed E-state index contributed by atoms with van der Waals surface area (Å²) < 4.78 is 5.44. The third kappa shape index (κ3) is 3.49. The Kier molecular flexibility index (Phi) is 4.13. The van der Waals surface area contributed by atoms with Gasteiger partial charge in [0.2, 0.25) is 0 Å². The number of carboxylic acid groups (broad SMARTS) is 1. The van der Waals surface area contributed by atoms with Crippen LogP contribution in [-0.2, 0) is 4.79 Å². The molecular weight excluding hydrogens is 240 g/mol. The smallest absolute Gasteiger partial charge is 0.143 e. The van der Waals surface area contributed by atoms with Gasteiger partial charge in [-0.2, -0.15) is 0 Å². The van der Waals surface area contributed by atoms with Gasteiger partial charge in [0.15, 0.2) is 0 Å². The van der Waals surface area contributed by atoms with Gasteiger partial charge in [-0.25, -0.2) is 0 Å². The number of rotatable bonds is 4. The Balaban J connectivity index is 2.04. The minimum atomic E-state index is -1.30. The van der Waals surface area contributed by atoms with Crippen molar-refractivity contribution in [2.75, 3.05) is 0 Å². The lowest BCUT2D eigenvalue weighted by molar-refractivity contribution is -0.320. The fraction of sp³-hybridized carbons (Fsp3) is 0.562. The highest BCUT2D eigenvalue weighted by Gasteiger charge is 2.21. The van der Waals surface area contributed by atoms with E-state index in [1.54, 1.807) is 0 Å². The second kappa shape index (κ2) is 5.64. The van der Waals surface area contributed by atoms with Crippen molar-refractivity contribution in [1.29, 1.82) is 0 Å². The molecule has 1 aliphatic rings. The fourth-order valence-corrected chi connectivity index (χ4v) is 2.58. The van der Waals surface area contributed by atoms with E-state index in [1.807, 2.05) is 12.1 Å². The van der Waals surface area contributed by atoms with Crippen LogP contribution < -0.4 is 9.84 Å². The number of hydrogen-bond acceptors (Lipinski definition) is 3. The Morgan fingerprint density at radius 1 is 1.16 bits per heavy atom. The summed E-state index contributed by atoms with van der Waals surface area (Å²) in [5, 5.41) is 10.9. The number of carbonyl (C=O) groups is 1. The monoisotopic (exact) mass is 261 g/mol. The maximum atomic E-state index is 10.9. The molecule has 1 fully saturated rings. The predicted molar refractivity (Wildman–Crippen MR) is 72.0 cm³/mol. The molecule has 3 heteroatoms. The van der Waals surface area contributed by atoms with Gasteiger partial charge in [-0.3, -0.25) is 0 Å².